The van der Waals surface area contributed by atoms with Crippen LogP contribution in [-0.4, -0.2) is 36.0 Å². The number of carboxylic acids is 1. The van der Waals surface area contributed by atoms with Crippen molar-refractivity contribution in [2.24, 2.45) is 0 Å². The van der Waals surface area contributed by atoms with Gasteiger partial charge < -0.3 is 15.3 Å². The lowest BCUT2D eigenvalue weighted by molar-refractivity contribution is -0.125. The first-order chi connectivity index (χ1) is 13.1. The number of carboxylic acid groups (broad SMARTS) is 1. The summed E-state index contributed by atoms with van der Waals surface area (Å²) in [5, 5.41) is 11.8. The van der Waals surface area contributed by atoms with Crippen molar-refractivity contribution in [3.63, 3.8) is 0 Å². The lowest BCUT2D eigenvalue weighted by atomic mass is 10.0. The van der Waals surface area contributed by atoms with Gasteiger partial charge in [0.2, 0.25) is 11.8 Å². The van der Waals surface area contributed by atoms with Gasteiger partial charge in [-0.15, -0.1) is 0 Å². The molecule has 0 bridgehead atoms. The second kappa shape index (κ2) is 8.49. The number of aromatic carboxylic acids is 1. The van der Waals surface area contributed by atoms with E-state index < -0.39 is 5.97 Å². The molecule has 2 aromatic carbocycles. The van der Waals surface area contributed by atoms with Gasteiger partial charge in [-0.2, -0.15) is 0 Å². The normalized spacial score (nSPS) is 13.0. The van der Waals surface area contributed by atoms with E-state index in [1.165, 1.54) is 6.07 Å². The molecule has 1 aliphatic heterocycles. The zero-order valence-electron chi connectivity index (χ0n) is 15.0. The van der Waals surface area contributed by atoms with Crippen LogP contribution in [0.4, 0.5) is 5.69 Å². The zero-order valence-corrected chi connectivity index (χ0v) is 15.0. The largest absolute Gasteiger partial charge is 0.478 e. The summed E-state index contributed by atoms with van der Waals surface area (Å²) in [6.45, 7) is 0.589. The lowest BCUT2D eigenvalue weighted by Crippen LogP contribution is -2.42. The van der Waals surface area contributed by atoms with Gasteiger partial charge in [0.05, 0.1) is 12.1 Å². The Morgan fingerprint density at radius 3 is 2.59 bits per heavy atom. The van der Waals surface area contributed by atoms with Crippen LogP contribution in [0.25, 0.3) is 0 Å². The number of nitrogens with zero attached hydrogens (tertiary/aromatic N) is 1. The van der Waals surface area contributed by atoms with Crippen LogP contribution in [0.1, 0.15) is 34.3 Å². The Morgan fingerprint density at radius 2 is 1.78 bits per heavy atom. The number of carbonyl (C=O) groups excluding carboxylic acids is 2. The van der Waals surface area contributed by atoms with Crippen molar-refractivity contribution in [3.8, 4) is 0 Å². The maximum Gasteiger partial charge on any atom is 0.335 e. The molecule has 6 heteroatoms. The molecule has 0 atom stereocenters. The minimum Gasteiger partial charge on any atom is -0.478 e. The van der Waals surface area contributed by atoms with E-state index in [4.69, 9.17) is 0 Å². The fourth-order valence-electron chi connectivity index (χ4n) is 3.35. The summed E-state index contributed by atoms with van der Waals surface area (Å²) in [7, 11) is 0. The lowest BCUT2D eigenvalue weighted by Gasteiger charge is -2.29. The van der Waals surface area contributed by atoms with Gasteiger partial charge in [0.1, 0.15) is 0 Å². The molecule has 0 fully saturated rings. The van der Waals surface area contributed by atoms with Crippen LogP contribution in [0.3, 0.4) is 0 Å². The summed E-state index contributed by atoms with van der Waals surface area (Å²) in [5.41, 5.74) is 2.87. The van der Waals surface area contributed by atoms with Crippen LogP contribution in [0.15, 0.2) is 48.5 Å². The minimum absolute atomic E-state index is 0.0618. The summed E-state index contributed by atoms with van der Waals surface area (Å²) >= 11 is 0. The Balaban J connectivity index is 1.53. The molecule has 1 aliphatic rings. The molecule has 140 valence electrons. The molecule has 0 spiro atoms. The van der Waals surface area contributed by atoms with Gasteiger partial charge in [0, 0.05) is 18.7 Å². The van der Waals surface area contributed by atoms with E-state index in [-0.39, 0.29) is 30.3 Å². The first kappa shape index (κ1) is 18.6. The molecule has 0 aliphatic carbocycles. The van der Waals surface area contributed by atoms with Crippen LogP contribution < -0.4 is 10.2 Å². The number of fused-ring (bicyclic) bond motifs is 1. The number of hydrogen-bond acceptors (Lipinski definition) is 3. The monoisotopic (exact) mass is 366 g/mol. The average molecular weight is 366 g/mol. The summed E-state index contributed by atoms with van der Waals surface area (Å²) < 4.78 is 0. The number of para-hydroxylation sites is 1. The highest BCUT2D eigenvalue weighted by Crippen LogP contribution is 2.26. The van der Waals surface area contributed by atoms with Crippen molar-refractivity contribution >= 4 is 23.5 Å². The molecule has 1 heterocycles. The molecule has 0 aromatic heterocycles. The predicted molar refractivity (Wildman–Crippen MR) is 102 cm³/mol. The van der Waals surface area contributed by atoms with Gasteiger partial charge in [-0.1, -0.05) is 36.4 Å². The number of anilines is 1. The highest BCUT2D eigenvalue weighted by atomic mass is 16.4. The number of nitrogens with one attached hydrogen (secondary N) is 1. The summed E-state index contributed by atoms with van der Waals surface area (Å²) in [6.07, 6.45) is 2.31. The highest BCUT2D eigenvalue weighted by Gasteiger charge is 2.22. The van der Waals surface area contributed by atoms with Crippen LogP contribution in [-0.2, 0) is 22.4 Å². The van der Waals surface area contributed by atoms with Crippen LogP contribution in [0.2, 0.25) is 0 Å². The fourth-order valence-corrected chi connectivity index (χ4v) is 3.35. The van der Waals surface area contributed by atoms with Crippen molar-refractivity contribution in [2.45, 2.75) is 25.7 Å². The summed E-state index contributed by atoms with van der Waals surface area (Å²) in [6, 6.07) is 14.4. The third kappa shape index (κ3) is 4.53. The Kier molecular flexibility index (Phi) is 5.86. The second-order valence-corrected chi connectivity index (χ2v) is 6.52. The maximum atomic E-state index is 12.5. The van der Waals surface area contributed by atoms with Crippen molar-refractivity contribution in [1.29, 1.82) is 0 Å². The smallest absolute Gasteiger partial charge is 0.335 e. The molecule has 0 radical (unpaired) electrons. The Bertz CT molecular complexity index is 863. The Hall–Kier alpha value is -3.15. The molecule has 27 heavy (non-hydrogen) atoms. The van der Waals surface area contributed by atoms with E-state index in [1.807, 2.05) is 24.3 Å². The molecule has 3 rings (SSSR count). The number of amides is 2. The van der Waals surface area contributed by atoms with Crippen molar-refractivity contribution in [1.82, 2.24) is 5.32 Å². The molecule has 2 aromatic rings. The molecular weight excluding hydrogens is 344 g/mol. The number of rotatable bonds is 6. The van der Waals surface area contributed by atoms with Crippen LogP contribution >= 0.6 is 0 Å². The van der Waals surface area contributed by atoms with Crippen LogP contribution in [0.5, 0.6) is 0 Å². The molecular formula is C21H22N2O4. The van der Waals surface area contributed by atoms with Crippen LogP contribution in [0, 0.1) is 0 Å². The Labute approximate surface area is 157 Å². The van der Waals surface area contributed by atoms with E-state index >= 15 is 0 Å². The predicted octanol–water partition coefficient (Wildman–Crippen LogP) is 2.41. The molecule has 0 saturated heterocycles. The molecule has 0 saturated carbocycles. The third-order valence-corrected chi connectivity index (χ3v) is 4.72. The van der Waals surface area contributed by atoms with Gasteiger partial charge >= 0.3 is 5.97 Å². The third-order valence-electron chi connectivity index (χ3n) is 4.72. The zero-order chi connectivity index (χ0) is 19.2. The summed E-state index contributed by atoms with van der Waals surface area (Å²) in [4.78, 5) is 37.5. The number of hydrogen-bond donors (Lipinski definition) is 2. The molecule has 6 nitrogen and oxygen atoms in total. The maximum absolute atomic E-state index is 12.5. The van der Waals surface area contributed by atoms with Gasteiger partial charge in [-0.25, -0.2) is 4.79 Å². The van der Waals surface area contributed by atoms with E-state index in [0.717, 1.165) is 24.1 Å². The van der Waals surface area contributed by atoms with Gasteiger partial charge in [0.25, 0.3) is 0 Å². The quantitative estimate of drug-likeness (QED) is 0.822. The van der Waals surface area contributed by atoms with Crippen molar-refractivity contribution in [3.05, 3.63) is 65.2 Å². The highest BCUT2D eigenvalue weighted by molar-refractivity contribution is 5.97. The molecule has 2 amide bonds. The minimum atomic E-state index is -1.01. The van der Waals surface area contributed by atoms with Crippen molar-refractivity contribution in [2.75, 3.05) is 18.0 Å². The molecule has 2 N–H and O–H groups in total. The number of benzene rings is 2. The SMILES string of the molecule is O=C(CCc1ccccc1C(=O)O)NCC(=O)N1CCCc2ccccc21. The van der Waals surface area contributed by atoms with Gasteiger partial charge in [-0.05, 0) is 42.5 Å². The van der Waals surface area contributed by atoms with E-state index in [0.29, 0.717) is 18.5 Å². The van der Waals surface area contributed by atoms with Gasteiger partial charge in [-0.3, -0.25) is 9.59 Å². The second-order valence-electron chi connectivity index (χ2n) is 6.52. The Morgan fingerprint density at radius 1 is 1.04 bits per heavy atom. The standard InChI is InChI=1S/C21H22N2O4/c24-19(12-11-15-6-1-3-9-17(15)21(26)27)22-14-20(25)23-13-5-8-16-7-2-4-10-18(16)23/h1-4,6-7,9-10H,5,8,11-14H2,(H,22,24)(H,26,27). The number of carbonyl (C=O) groups is 3. The van der Waals surface area contributed by atoms with E-state index in [9.17, 15) is 19.5 Å². The average Bonchev–Trinajstić information content (AvgIpc) is 2.70. The number of aryl methyl sites for hydroxylation is 2. The topological polar surface area (TPSA) is 86.7 Å². The first-order valence-corrected chi connectivity index (χ1v) is 9.02. The summed E-state index contributed by atoms with van der Waals surface area (Å²) in [5.74, 6) is -1.42. The van der Waals surface area contributed by atoms with E-state index in [2.05, 4.69) is 5.32 Å². The van der Waals surface area contributed by atoms with Gasteiger partial charge in [0.15, 0.2) is 0 Å². The van der Waals surface area contributed by atoms with Crippen molar-refractivity contribution < 1.29 is 19.5 Å². The fraction of sp³-hybridized carbons (Fsp3) is 0.286. The first-order valence-electron chi connectivity index (χ1n) is 9.02. The molecule has 0 unspecified atom stereocenters. The van der Waals surface area contributed by atoms with E-state index in [1.54, 1.807) is 23.1 Å².